The van der Waals surface area contributed by atoms with Crippen LogP contribution >= 0.6 is 24.0 Å². The van der Waals surface area contributed by atoms with Gasteiger partial charge in [-0.05, 0) is 48.9 Å². The predicted molar refractivity (Wildman–Crippen MR) is 130 cm³/mol. The third kappa shape index (κ3) is 5.88. The van der Waals surface area contributed by atoms with E-state index in [1.54, 1.807) is 27.5 Å². The zero-order chi connectivity index (χ0) is 20.6. The van der Waals surface area contributed by atoms with Crippen molar-refractivity contribution in [2.24, 2.45) is 4.99 Å². The Balaban J connectivity index is 0.00000320. The number of rotatable bonds is 7. The van der Waals surface area contributed by atoms with Crippen LogP contribution in [-0.2, 0) is 6.54 Å². The van der Waals surface area contributed by atoms with Gasteiger partial charge in [-0.15, -0.1) is 24.0 Å². The molecule has 0 saturated carbocycles. The highest BCUT2D eigenvalue weighted by Gasteiger charge is 2.14. The van der Waals surface area contributed by atoms with E-state index in [1.807, 2.05) is 47.3 Å². The number of nitrogens with zero attached hydrogens (tertiary/aromatic N) is 3. The average Bonchev–Trinajstić information content (AvgIpc) is 3.31. The standard InChI is InChI=1S/C22H27N5O2.HI/c1-16(20-14-19(28-3)9-10-21(20)29-4)26-22(23-2)24-15-17-7-5-8-18(13-17)27-12-6-11-25-27;/h5-14,16H,15H2,1-4H3,(H2,23,24,26);1H. The molecule has 30 heavy (non-hydrogen) atoms. The molecule has 0 radical (unpaired) electrons. The van der Waals surface area contributed by atoms with Crippen molar-refractivity contribution in [3.8, 4) is 17.2 Å². The second-order valence-corrected chi connectivity index (χ2v) is 6.52. The minimum absolute atomic E-state index is 0. The molecule has 8 heteroatoms. The summed E-state index contributed by atoms with van der Waals surface area (Å²) in [7, 11) is 5.07. The first-order valence-electron chi connectivity index (χ1n) is 9.42. The normalized spacial score (nSPS) is 11.9. The predicted octanol–water partition coefficient (Wildman–Crippen LogP) is 3.93. The molecule has 160 valence electrons. The van der Waals surface area contributed by atoms with Gasteiger partial charge in [0.05, 0.1) is 25.9 Å². The van der Waals surface area contributed by atoms with E-state index in [4.69, 9.17) is 9.47 Å². The summed E-state index contributed by atoms with van der Waals surface area (Å²) in [5.41, 5.74) is 3.15. The van der Waals surface area contributed by atoms with Crippen molar-refractivity contribution in [2.75, 3.05) is 21.3 Å². The van der Waals surface area contributed by atoms with Gasteiger partial charge in [0.25, 0.3) is 0 Å². The van der Waals surface area contributed by atoms with Crippen LogP contribution in [0.2, 0.25) is 0 Å². The number of hydrogen-bond acceptors (Lipinski definition) is 4. The van der Waals surface area contributed by atoms with Crippen LogP contribution in [0.1, 0.15) is 24.1 Å². The van der Waals surface area contributed by atoms with Crippen molar-refractivity contribution in [3.63, 3.8) is 0 Å². The Hall–Kier alpha value is -2.75. The number of guanidine groups is 1. The van der Waals surface area contributed by atoms with E-state index < -0.39 is 0 Å². The van der Waals surface area contributed by atoms with Gasteiger partial charge in [-0.25, -0.2) is 4.68 Å². The van der Waals surface area contributed by atoms with Gasteiger partial charge in [0.2, 0.25) is 0 Å². The smallest absolute Gasteiger partial charge is 0.191 e. The van der Waals surface area contributed by atoms with Gasteiger partial charge >= 0.3 is 0 Å². The van der Waals surface area contributed by atoms with Crippen LogP contribution in [0.25, 0.3) is 5.69 Å². The summed E-state index contributed by atoms with van der Waals surface area (Å²) in [5, 5.41) is 11.0. The number of nitrogens with one attached hydrogen (secondary N) is 2. The van der Waals surface area contributed by atoms with Crippen molar-refractivity contribution in [3.05, 3.63) is 72.1 Å². The minimum atomic E-state index is -0.0262. The SMILES string of the molecule is CN=C(NCc1cccc(-n2cccn2)c1)NC(C)c1cc(OC)ccc1OC.I. The maximum atomic E-state index is 5.49. The molecule has 2 aromatic carbocycles. The summed E-state index contributed by atoms with van der Waals surface area (Å²) in [6.45, 7) is 2.69. The molecule has 1 atom stereocenters. The second kappa shape index (κ2) is 11.4. The largest absolute Gasteiger partial charge is 0.497 e. The van der Waals surface area contributed by atoms with E-state index in [0.29, 0.717) is 12.5 Å². The molecule has 0 fully saturated rings. The molecule has 1 unspecified atom stereocenters. The van der Waals surface area contributed by atoms with Gasteiger partial charge in [0.1, 0.15) is 11.5 Å². The summed E-state index contributed by atoms with van der Waals surface area (Å²) in [6.07, 6.45) is 3.70. The lowest BCUT2D eigenvalue weighted by Crippen LogP contribution is -2.38. The third-order valence-electron chi connectivity index (χ3n) is 4.62. The van der Waals surface area contributed by atoms with E-state index >= 15 is 0 Å². The molecule has 0 aliphatic rings. The monoisotopic (exact) mass is 521 g/mol. The minimum Gasteiger partial charge on any atom is -0.497 e. The molecule has 0 aliphatic carbocycles. The van der Waals surface area contributed by atoms with Crippen molar-refractivity contribution in [1.29, 1.82) is 0 Å². The Morgan fingerprint density at radius 2 is 1.97 bits per heavy atom. The Morgan fingerprint density at radius 1 is 1.13 bits per heavy atom. The van der Waals surface area contributed by atoms with E-state index in [9.17, 15) is 0 Å². The van der Waals surface area contributed by atoms with Gasteiger partial charge in [-0.1, -0.05) is 12.1 Å². The number of benzene rings is 2. The highest BCUT2D eigenvalue weighted by molar-refractivity contribution is 14.0. The molecule has 0 amide bonds. The van der Waals surface area contributed by atoms with Crippen molar-refractivity contribution < 1.29 is 9.47 Å². The first kappa shape index (κ1) is 23.5. The summed E-state index contributed by atoms with van der Waals surface area (Å²) >= 11 is 0. The quantitative estimate of drug-likeness (QED) is 0.280. The second-order valence-electron chi connectivity index (χ2n) is 6.52. The van der Waals surface area contributed by atoms with Crippen molar-refractivity contribution in [1.82, 2.24) is 20.4 Å². The van der Waals surface area contributed by atoms with Gasteiger partial charge in [0.15, 0.2) is 5.96 Å². The van der Waals surface area contributed by atoms with Crippen LogP contribution < -0.4 is 20.1 Å². The van der Waals surface area contributed by atoms with Crippen LogP contribution in [0, 0.1) is 0 Å². The van der Waals surface area contributed by atoms with Crippen molar-refractivity contribution >= 4 is 29.9 Å². The van der Waals surface area contributed by atoms with Crippen LogP contribution in [0.4, 0.5) is 0 Å². The van der Waals surface area contributed by atoms with Gasteiger partial charge in [-0.3, -0.25) is 4.99 Å². The van der Waals surface area contributed by atoms with E-state index in [1.165, 1.54) is 0 Å². The summed E-state index contributed by atoms with van der Waals surface area (Å²) in [5.74, 6) is 2.29. The highest BCUT2D eigenvalue weighted by atomic mass is 127. The fourth-order valence-electron chi connectivity index (χ4n) is 3.07. The Bertz CT molecular complexity index is 960. The lowest BCUT2D eigenvalue weighted by molar-refractivity contribution is 0.394. The molecule has 1 heterocycles. The van der Waals surface area contributed by atoms with Crippen LogP contribution in [0.3, 0.4) is 0 Å². The van der Waals surface area contributed by atoms with Gasteiger partial charge in [0, 0.05) is 31.5 Å². The number of aliphatic imine (C=N–C) groups is 1. The Kier molecular flexibility index (Phi) is 8.97. The molecule has 0 spiro atoms. The Labute approximate surface area is 194 Å². The number of halogens is 1. The molecule has 1 aromatic heterocycles. The number of aromatic nitrogens is 2. The van der Waals surface area contributed by atoms with Gasteiger partial charge < -0.3 is 20.1 Å². The highest BCUT2D eigenvalue weighted by Crippen LogP contribution is 2.29. The van der Waals surface area contributed by atoms with Crippen LogP contribution in [0.5, 0.6) is 11.5 Å². The molecule has 3 rings (SSSR count). The number of ether oxygens (including phenoxy) is 2. The van der Waals surface area contributed by atoms with E-state index in [-0.39, 0.29) is 30.0 Å². The van der Waals surface area contributed by atoms with Crippen molar-refractivity contribution in [2.45, 2.75) is 19.5 Å². The Morgan fingerprint density at radius 3 is 2.63 bits per heavy atom. The first-order valence-corrected chi connectivity index (χ1v) is 9.42. The number of methoxy groups -OCH3 is 2. The van der Waals surface area contributed by atoms with Crippen LogP contribution in [0.15, 0.2) is 65.9 Å². The zero-order valence-corrected chi connectivity index (χ0v) is 20.0. The maximum Gasteiger partial charge on any atom is 0.191 e. The fraction of sp³-hybridized carbons (Fsp3) is 0.273. The average molecular weight is 521 g/mol. The molecule has 0 aliphatic heterocycles. The summed E-state index contributed by atoms with van der Waals surface area (Å²) < 4.78 is 12.7. The molecule has 7 nitrogen and oxygen atoms in total. The fourth-order valence-corrected chi connectivity index (χ4v) is 3.07. The lowest BCUT2D eigenvalue weighted by Gasteiger charge is -2.21. The molecule has 0 bridgehead atoms. The zero-order valence-electron chi connectivity index (χ0n) is 17.6. The van der Waals surface area contributed by atoms with E-state index in [2.05, 4.69) is 39.8 Å². The molecule has 0 saturated heterocycles. The lowest BCUT2D eigenvalue weighted by atomic mass is 10.1. The molecular weight excluding hydrogens is 493 g/mol. The summed E-state index contributed by atoms with van der Waals surface area (Å²) in [4.78, 5) is 4.34. The topological polar surface area (TPSA) is 72.7 Å². The molecule has 3 aromatic rings. The molecule has 2 N–H and O–H groups in total. The number of hydrogen-bond donors (Lipinski definition) is 2. The maximum absolute atomic E-state index is 5.49. The van der Waals surface area contributed by atoms with Gasteiger partial charge in [-0.2, -0.15) is 5.10 Å². The van der Waals surface area contributed by atoms with Crippen LogP contribution in [-0.4, -0.2) is 37.0 Å². The summed E-state index contributed by atoms with van der Waals surface area (Å²) in [6, 6.07) is 15.9. The first-order chi connectivity index (χ1) is 14.1. The molecular formula is C22H28IN5O2. The van der Waals surface area contributed by atoms with E-state index in [0.717, 1.165) is 28.3 Å². The third-order valence-corrected chi connectivity index (χ3v) is 4.62.